The summed E-state index contributed by atoms with van der Waals surface area (Å²) in [7, 11) is 0. The van der Waals surface area contributed by atoms with Crippen molar-refractivity contribution in [3.63, 3.8) is 0 Å². The molecule has 0 aromatic heterocycles. The zero-order valence-electron chi connectivity index (χ0n) is 20.2. The Labute approximate surface area is 218 Å². The lowest BCUT2D eigenvalue weighted by Crippen LogP contribution is -2.54. The van der Waals surface area contributed by atoms with Crippen LogP contribution in [0.15, 0.2) is 77.3 Å². The van der Waals surface area contributed by atoms with Crippen molar-refractivity contribution in [1.82, 2.24) is 0 Å². The molecular formula is C29H26BrNO5. The molecule has 184 valence electrons. The van der Waals surface area contributed by atoms with E-state index in [-0.39, 0.29) is 6.42 Å². The maximum atomic E-state index is 14.6. The number of hydrogen-bond acceptors (Lipinski definition) is 5. The Hall–Kier alpha value is -3.45. The first kappa shape index (κ1) is 24.3. The van der Waals surface area contributed by atoms with Crippen LogP contribution in [0, 0.1) is 0 Å². The minimum absolute atomic E-state index is 0.0678. The van der Waals surface area contributed by atoms with Gasteiger partial charge in [0.05, 0.1) is 5.69 Å². The van der Waals surface area contributed by atoms with E-state index in [1.807, 2.05) is 60.7 Å². The number of carbonyl (C=O) groups excluding carboxylic acids is 3. The largest absolute Gasteiger partial charge is 0.484 e. The van der Waals surface area contributed by atoms with Gasteiger partial charge in [-0.05, 0) is 56.2 Å². The third-order valence-electron chi connectivity index (χ3n) is 6.71. The number of para-hydroxylation sites is 1. The van der Waals surface area contributed by atoms with Crippen LogP contribution < -0.4 is 9.64 Å². The minimum Gasteiger partial charge on any atom is -0.484 e. The Balaban J connectivity index is 1.82. The monoisotopic (exact) mass is 547 g/mol. The summed E-state index contributed by atoms with van der Waals surface area (Å²) in [6.07, 6.45) is -0.638. The summed E-state index contributed by atoms with van der Waals surface area (Å²) in [6, 6.07) is 22.3. The van der Waals surface area contributed by atoms with Crippen LogP contribution in [0.25, 0.3) is 0 Å². The number of carbonyl (C=O) groups is 3. The number of imide groups is 1. The Morgan fingerprint density at radius 1 is 1.08 bits per heavy atom. The van der Waals surface area contributed by atoms with E-state index in [1.54, 1.807) is 32.9 Å². The molecule has 2 aliphatic rings. The second kappa shape index (κ2) is 8.89. The molecule has 0 N–H and O–H groups in total. The van der Waals surface area contributed by atoms with Gasteiger partial charge in [0.1, 0.15) is 29.2 Å². The van der Waals surface area contributed by atoms with E-state index < -0.39 is 35.0 Å². The van der Waals surface area contributed by atoms with Crippen LogP contribution in [0.2, 0.25) is 0 Å². The molecule has 3 aromatic carbocycles. The lowest BCUT2D eigenvalue weighted by atomic mass is 9.61. The number of hydrogen-bond donors (Lipinski definition) is 0. The predicted molar refractivity (Wildman–Crippen MR) is 139 cm³/mol. The molecule has 7 heteroatoms. The van der Waals surface area contributed by atoms with Gasteiger partial charge in [0.25, 0.3) is 5.91 Å². The third kappa shape index (κ3) is 3.73. The van der Waals surface area contributed by atoms with Gasteiger partial charge < -0.3 is 14.3 Å². The Kier molecular flexibility index (Phi) is 5.99. The topological polar surface area (TPSA) is 72.9 Å². The van der Waals surface area contributed by atoms with Crippen LogP contribution in [0.3, 0.4) is 0 Å². The average molecular weight is 548 g/mol. The van der Waals surface area contributed by atoms with Crippen LogP contribution in [0.4, 0.5) is 10.5 Å². The summed E-state index contributed by atoms with van der Waals surface area (Å²) < 4.78 is 13.1. The van der Waals surface area contributed by atoms with E-state index in [2.05, 4.69) is 15.9 Å². The first-order valence-electron chi connectivity index (χ1n) is 11.8. The summed E-state index contributed by atoms with van der Waals surface area (Å²) >= 11 is 3.53. The Morgan fingerprint density at radius 2 is 1.78 bits per heavy atom. The van der Waals surface area contributed by atoms with Gasteiger partial charge in [0.15, 0.2) is 0 Å². The van der Waals surface area contributed by atoms with Crippen LogP contribution in [-0.4, -0.2) is 23.9 Å². The van der Waals surface area contributed by atoms with Gasteiger partial charge in [-0.25, -0.2) is 9.69 Å². The highest BCUT2D eigenvalue weighted by atomic mass is 79.9. The van der Waals surface area contributed by atoms with Gasteiger partial charge in [0.2, 0.25) is 0 Å². The molecular weight excluding hydrogens is 522 g/mol. The molecule has 6 nitrogen and oxygen atoms in total. The highest BCUT2D eigenvalue weighted by molar-refractivity contribution is 9.10. The van der Waals surface area contributed by atoms with Gasteiger partial charge in [0, 0.05) is 22.4 Å². The molecule has 2 amide bonds. The molecule has 0 saturated heterocycles. The third-order valence-corrected chi connectivity index (χ3v) is 7.21. The van der Waals surface area contributed by atoms with Crippen molar-refractivity contribution in [2.75, 3.05) is 4.90 Å². The van der Waals surface area contributed by atoms with Crippen molar-refractivity contribution in [2.45, 2.75) is 50.2 Å². The average Bonchev–Trinajstić information content (AvgIpc) is 3.09. The maximum absolute atomic E-state index is 14.6. The summed E-state index contributed by atoms with van der Waals surface area (Å²) in [5.41, 5.74) is 0.407. The molecule has 0 saturated carbocycles. The van der Waals surface area contributed by atoms with Gasteiger partial charge in [-0.15, -0.1) is 0 Å². The number of fused-ring (bicyclic) bond motifs is 3. The normalized spacial score (nSPS) is 22.6. The molecule has 36 heavy (non-hydrogen) atoms. The van der Waals surface area contributed by atoms with Crippen molar-refractivity contribution in [3.8, 4) is 5.75 Å². The fourth-order valence-corrected chi connectivity index (χ4v) is 5.80. The van der Waals surface area contributed by atoms with Crippen molar-refractivity contribution in [2.24, 2.45) is 0 Å². The quantitative estimate of drug-likeness (QED) is 0.351. The molecule has 1 spiro atoms. The lowest BCUT2D eigenvalue weighted by Gasteiger charge is -2.46. The first-order valence-corrected chi connectivity index (χ1v) is 12.6. The van der Waals surface area contributed by atoms with Crippen molar-refractivity contribution >= 4 is 39.9 Å². The van der Waals surface area contributed by atoms with E-state index in [4.69, 9.17) is 9.47 Å². The number of nitrogens with zero attached hydrogens (tertiary/aromatic N) is 1. The highest BCUT2D eigenvalue weighted by Gasteiger charge is 2.65. The molecule has 3 atom stereocenters. The first-order chi connectivity index (χ1) is 17.2. The van der Waals surface area contributed by atoms with Crippen LogP contribution in [-0.2, 0) is 19.7 Å². The molecule has 0 bridgehead atoms. The number of aldehydes is 1. The number of ether oxygens (including phenoxy) is 2. The van der Waals surface area contributed by atoms with Gasteiger partial charge in [-0.1, -0.05) is 64.5 Å². The number of amides is 2. The maximum Gasteiger partial charge on any atom is 0.421 e. The van der Waals surface area contributed by atoms with Crippen molar-refractivity contribution < 1.29 is 23.9 Å². The van der Waals surface area contributed by atoms with Crippen LogP contribution >= 0.6 is 15.9 Å². The molecule has 2 heterocycles. The summed E-state index contributed by atoms with van der Waals surface area (Å²) in [6.45, 7) is 5.27. The SMILES string of the molecule is CC(C)(C)OC(=O)N1C(=O)[C@]2(c3ccccc31)[C@H](CC=O)c1cc(Br)ccc1O[C@H]2c1ccccc1. The molecule has 3 aromatic rings. The summed E-state index contributed by atoms with van der Waals surface area (Å²) in [4.78, 5) is 41.3. The zero-order chi connectivity index (χ0) is 25.7. The van der Waals surface area contributed by atoms with E-state index in [0.717, 1.165) is 26.8 Å². The van der Waals surface area contributed by atoms with Gasteiger partial charge >= 0.3 is 6.09 Å². The minimum atomic E-state index is -1.37. The number of benzene rings is 3. The van der Waals surface area contributed by atoms with E-state index in [9.17, 15) is 14.4 Å². The fraction of sp³-hybridized carbons (Fsp3) is 0.276. The summed E-state index contributed by atoms with van der Waals surface area (Å²) in [5.74, 6) is -0.447. The van der Waals surface area contributed by atoms with Crippen molar-refractivity contribution in [3.05, 3.63) is 94.0 Å². The zero-order valence-corrected chi connectivity index (χ0v) is 21.8. The second-order valence-electron chi connectivity index (χ2n) is 10.1. The number of anilines is 1. The van der Waals surface area contributed by atoms with Gasteiger partial charge in [-0.3, -0.25) is 4.79 Å². The molecule has 2 aliphatic heterocycles. The Bertz CT molecular complexity index is 1350. The van der Waals surface area contributed by atoms with Crippen LogP contribution in [0.1, 0.15) is 55.9 Å². The number of halogens is 1. The molecule has 0 fully saturated rings. The second-order valence-corrected chi connectivity index (χ2v) is 11.0. The fourth-order valence-electron chi connectivity index (χ4n) is 5.42. The van der Waals surface area contributed by atoms with E-state index in [1.165, 1.54) is 0 Å². The van der Waals surface area contributed by atoms with E-state index in [0.29, 0.717) is 17.0 Å². The lowest BCUT2D eigenvalue weighted by molar-refractivity contribution is -0.129. The Morgan fingerprint density at radius 3 is 2.47 bits per heavy atom. The molecule has 0 unspecified atom stereocenters. The van der Waals surface area contributed by atoms with Crippen LogP contribution in [0.5, 0.6) is 5.75 Å². The molecule has 0 aliphatic carbocycles. The summed E-state index contributed by atoms with van der Waals surface area (Å²) in [5, 5.41) is 0. The molecule has 0 radical (unpaired) electrons. The van der Waals surface area contributed by atoms with Crippen molar-refractivity contribution in [1.29, 1.82) is 0 Å². The smallest absolute Gasteiger partial charge is 0.421 e. The number of rotatable bonds is 3. The van der Waals surface area contributed by atoms with Gasteiger partial charge in [-0.2, -0.15) is 0 Å². The highest BCUT2D eigenvalue weighted by Crippen LogP contribution is 2.62. The molecule has 5 rings (SSSR count). The standard InChI is InChI=1S/C29H26BrNO5/c1-28(2,3)36-27(34)31-23-12-8-7-11-22(23)29(26(31)33)21(15-16-32)20-17-19(30)13-14-24(20)35-25(29)18-9-5-4-6-10-18/h4-14,16-17,21,25H,15H2,1-3H3/t21-,25+,29+/m1/s1. The van der Waals surface area contributed by atoms with E-state index >= 15 is 0 Å². The predicted octanol–water partition coefficient (Wildman–Crippen LogP) is 6.48.